The van der Waals surface area contributed by atoms with Gasteiger partial charge in [-0.25, -0.2) is 0 Å². The summed E-state index contributed by atoms with van der Waals surface area (Å²) in [5, 5.41) is 0. The van der Waals surface area contributed by atoms with Crippen LogP contribution in [0.15, 0.2) is 36.4 Å². The molecule has 168 valence electrons. The lowest BCUT2D eigenvalue weighted by Crippen LogP contribution is -2.25. The highest BCUT2D eigenvalue weighted by Crippen LogP contribution is 2.44. The van der Waals surface area contributed by atoms with Crippen molar-refractivity contribution >= 4 is 0 Å². The van der Waals surface area contributed by atoms with Crippen LogP contribution in [0.5, 0.6) is 0 Å². The maximum Gasteiger partial charge on any atom is 0.0928 e. The van der Waals surface area contributed by atoms with Gasteiger partial charge in [-0.05, 0) is 105 Å². The molecular weight excluding hydrogens is 367 g/mol. The van der Waals surface area contributed by atoms with Crippen LogP contribution in [0.2, 0.25) is 0 Å². The van der Waals surface area contributed by atoms with Gasteiger partial charge in [0.15, 0.2) is 0 Å². The molecule has 1 aromatic carbocycles. The number of halogens is 1. The topological polar surface area (TPSA) is 0 Å². The van der Waals surface area contributed by atoms with Crippen molar-refractivity contribution in [1.29, 1.82) is 0 Å². The van der Waals surface area contributed by atoms with Gasteiger partial charge in [0.1, 0.15) is 0 Å². The standard InChI is InChI=1S/C29H45F/c1-2-3-4-5-6-9-24-11-15-26(16-12-24)28-19-21-29(22-20-28)27-17-13-25(14-18-27)10-7-8-23-30/h7,10-12,15-16,25,27-29H,2-6,8-9,13-14,17-23H2,1H3/b10-7+/t25-,27-,28?,29?. The third-order valence-corrected chi connectivity index (χ3v) is 7.96. The van der Waals surface area contributed by atoms with Crippen molar-refractivity contribution in [3.63, 3.8) is 0 Å². The molecule has 2 aliphatic carbocycles. The molecule has 0 heterocycles. The Balaban J connectivity index is 1.36. The van der Waals surface area contributed by atoms with Crippen LogP contribution >= 0.6 is 0 Å². The molecular formula is C29H45F. The minimum atomic E-state index is -0.211. The summed E-state index contributed by atoms with van der Waals surface area (Å²) in [5.41, 5.74) is 3.12. The first-order valence-corrected chi connectivity index (χ1v) is 13.1. The molecule has 0 radical (unpaired) electrons. The van der Waals surface area contributed by atoms with Crippen molar-refractivity contribution in [3.8, 4) is 0 Å². The molecule has 0 nitrogen and oxygen atoms in total. The van der Waals surface area contributed by atoms with Gasteiger partial charge >= 0.3 is 0 Å². The fraction of sp³-hybridized carbons (Fsp3) is 0.724. The fourth-order valence-electron chi connectivity index (χ4n) is 5.97. The smallest absolute Gasteiger partial charge is 0.0928 e. The quantitative estimate of drug-likeness (QED) is 0.251. The lowest BCUT2D eigenvalue weighted by atomic mass is 9.68. The minimum Gasteiger partial charge on any atom is -0.251 e. The van der Waals surface area contributed by atoms with E-state index in [2.05, 4.69) is 43.3 Å². The summed E-state index contributed by atoms with van der Waals surface area (Å²) in [6.07, 6.45) is 24.1. The Labute approximate surface area is 185 Å². The van der Waals surface area contributed by atoms with E-state index in [9.17, 15) is 4.39 Å². The van der Waals surface area contributed by atoms with Crippen LogP contribution in [0.4, 0.5) is 4.39 Å². The highest BCUT2D eigenvalue weighted by atomic mass is 19.1. The van der Waals surface area contributed by atoms with Gasteiger partial charge in [0, 0.05) is 0 Å². The fourth-order valence-corrected chi connectivity index (χ4v) is 5.97. The molecule has 2 fully saturated rings. The lowest BCUT2D eigenvalue weighted by Gasteiger charge is -2.37. The van der Waals surface area contributed by atoms with E-state index in [1.165, 1.54) is 95.5 Å². The van der Waals surface area contributed by atoms with Gasteiger partial charge in [0.05, 0.1) is 6.67 Å². The minimum absolute atomic E-state index is 0.211. The van der Waals surface area contributed by atoms with Crippen molar-refractivity contribution < 1.29 is 4.39 Å². The molecule has 0 spiro atoms. The number of alkyl halides is 1. The van der Waals surface area contributed by atoms with Crippen LogP contribution in [-0.2, 0) is 6.42 Å². The van der Waals surface area contributed by atoms with Crippen molar-refractivity contribution in [3.05, 3.63) is 47.5 Å². The average molecular weight is 413 g/mol. The summed E-state index contributed by atoms with van der Waals surface area (Å²) in [5.74, 6) is 3.42. The van der Waals surface area contributed by atoms with Crippen molar-refractivity contribution in [2.75, 3.05) is 6.67 Å². The molecule has 0 amide bonds. The lowest BCUT2D eigenvalue weighted by molar-refractivity contribution is 0.171. The van der Waals surface area contributed by atoms with Crippen LogP contribution < -0.4 is 0 Å². The molecule has 0 unspecified atom stereocenters. The maximum absolute atomic E-state index is 12.3. The monoisotopic (exact) mass is 412 g/mol. The summed E-state index contributed by atoms with van der Waals surface area (Å²) in [7, 11) is 0. The zero-order chi connectivity index (χ0) is 21.0. The van der Waals surface area contributed by atoms with E-state index >= 15 is 0 Å². The number of hydrogen-bond acceptors (Lipinski definition) is 0. The molecule has 0 atom stereocenters. The predicted molar refractivity (Wildman–Crippen MR) is 129 cm³/mol. The predicted octanol–water partition coefficient (Wildman–Crippen LogP) is 9.20. The highest BCUT2D eigenvalue weighted by Gasteiger charge is 2.30. The van der Waals surface area contributed by atoms with E-state index in [1.807, 2.05) is 0 Å². The number of hydrogen-bond donors (Lipinski definition) is 0. The van der Waals surface area contributed by atoms with Gasteiger partial charge in [0.2, 0.25) is 0 Å². The first kappa shape index (κ1) is 23.6. The molecule has 1 aromatic rings. The van der Waals surface area contributed by atoms with Crippen LogP contribution in [-0.4, -0.2) is 6.67 Å². The molecule has 0 N–H and O–H groups in total. The third kappa shape index (κ3) is 7.54. The summed E-state index contributed by atoms with van der Waals surface area (Å²) >= 11 is 0. The molecule has 0 aliphatic heterocycles. The Morgan fingerprint density at radius 2 is 1.43 bits per heavy atom. The van der Waals surface area contributed by atoms with Gasteiger partial charge in [-0.15, -0.1) is 0 Å². The number of rotatable bonds is 11. The van der Waals surface area contributed by atoms with Crippen LogP contribution in [0, 0.1) is 17.8 Å². The Bertz CT molecular complexity index is 585. The van der Waals surface area contributed by atoms with Gasteiger partial charge < -0.3 is 0 Å². The first-order chi connectivity index (χ1) is 14.8. The SMILES string of the molecule is CCCCCCCc1ccc(C2CCC([C@H]3CC[C@H](/C=C/CCF)CC3)CC2)cc1. The normalized spacial score (nSPS) is 27.5. The van der Waals surface area contributed by atoms with Gasteiger partial charge in [-0.1, -0.05) is 69.0 Å². The Kier molecular flexibility index (Phi) is 10.5. The van der Waals surface area contributed by atoms with Crippen LogP contribution in [0.3, 0.4) is 0 Å². The summed E-state index contributed by atoms with van der Waals surface area (Å²) in [4.78, 5) is 0. The number of allylic oxidation sites excluding steroid dienone is 2. The second-order valence-corrected chi connectivity index (χ2v) is 10.1. The zero-order valence-corrected chi connectivity index (χ0v) is 19.5. The largest absolute Gasteiger partial charge is 0.251 e. The molecule has 2 saturated carbocycles. The Morgan fingerprint density at radius 3 is 2.07 bits per heavy atom. The van der Waals surface area contributed by atoms with Crippen LogP contribution in [0.1, 0.15) is 114 Å². The molecule has 0 bridgehead atoms. The van der Waals surface area contributed by atoms with E-state index in [-0.39, 0.29) is 6.67 Å². The molecule has 30 heavy (non-hydrogen) atoms. The van der Waals surface area contributed by atoms with E-state index in [0.29, 0.717) is 12.3 Å². The van der Waals surface area contributed by atoms with E-state index in [1.54, 1.807) is 5.56 Å². The van der Waals surface area contributed by atoms with E-state index in [4.69, 9.17) is 0 Å². The number of unbranched alkanes of at least 4 members (excludes halogenated alkanes) is 4. The molecule has 3 rings (SSSR count). The number of benzene rings is 1. The zero-order valence-electron chi connectivity index (χ0n) is 19.5. The van der Waals surface area contributed by atoms with Gasteiger partial charge in [-0.2, -0.15) is 0 Å². The summed E-state index contributed by atoms with van der Waals surface area (Å²) in [6, 6.07) is 9.67. The van der Waals surface area contributed by atoms with Crippen molar-refractivity contribution in [2.24, 2.45) is 17.8 Å². The van der Waals surface area contributed by atoms with Gasteiger partial charge in [0.25, 0.3) is 0 Å². The van der Waals surface area contributed by atoms with Gasteiger partial charge in [-0.3, -0.25) is 4.39 Å². The molecule has 0 aromatic heterocycles. The summed E-state index contributed by atoms with van der Waals surface area (Å²) in [6.45, 7) is 2.07. The summed E-state index contributed by atoms with van der Waals surface area (Å²) < 4.78 is 12.3. The highest BCUT2D eigenvalue weighted by molar-refractivity contribution is 5.26. The molecule has 1 heteroatoms. The van der Waals surface area contributed by atoms with E-state index < -0.39 is 0 Å². The van der Waals surface area contributed by atoms with Crippen molar-refractivity contribution in [1.82, 2.24) is 0 Å². The Hall–Kier alpha value is -1.11. The van der Waals surface area contributed by atoms with E-state index in [0.717, 1.165) is 17.8 Å². The third-order valence-electron chi connectivity index (χ3n) is 7.96. The van der Waals surface area contributed by atoms with Crippen LogP contribution in [0.25, 0.3) is 0 Å². The second-order valence-electron chi connectivity index (χ2n) is 10.1. The molecule has 2 aliphatic rings. The molecule has 0 saturated heterocycles. The van der Waals surface area contributed by atoms with Crippen molar-refractivity contribution in [2.45, 2.75) is 109 Å². The Morgan fingerprint density at radius 1 is 0.800 bits per heavy atom. The maximum atomic E-state index is 12.3. The number of aryl methyl sites for hydroxylation is 1. The second kappa shape index (κ2) is 13.3. The average Bonchev–Trinajstić information content (AvgIpc) is 2.80. The first-order valence-electron chi connectivity index (χ1n) is 13.1.